The Kier molecular flexibility index (Phi) is 7.28. The van der Waals surface area contributed by atoms with Gasteiger partial charge in [-0.05, 0) is 57.5 Å². The molecule has 3 aromatic heterocycles. The van der Waals surface area contributed by atoms with Gasteiger partial charge in [-0.3, -0.25) is 9.59 Å². The summed E-state index contributed by atoms with van der Waals surface area (Å²) >= 11 is 1.71. The summed E-state index contributed by atoms with van der Waals surface area (Å²) in [4.78, 5) is 32.4. The van der Waals surface area contributed by atoms with Crippen molar-refractivity contribution in [1.29, 1.82) is 0 Å². The average Bonchev–Trinajstić information content (AvgIpc) is 3.39. The van der Waals surface area contributed by atoms with Gasteiger partial charge in [0.15, 0.2) is 5.65 Å². The molecule has 0 aliphatic heterocycles. The first-order valence-corrected chi connectivity index (χ1v) is 12.2. The highest BCUT2D eigenvalue weighted by molar-refractivity contribution is 7.12. The SMILES string of the molecule is COCC(=O)Nc1cccc(CNC(=O)c2cc(-c3cc(C)sc3C)nc3c2cnn3C(C)C)c1. The molecule has 4 aromatic rings. The van der Waals surface area contributed by atoms with Crippen LogP contribution in [0.5, 0.6) is 0 Å². The first-order valence-electron chi connectivity index (χ1n) is 11.4. The van der Waals surface area contributed by atoms with Crippen LogP contribution >= 0.6 is 11.3 Å². The number of nitrogens with zero attached hydrogens (tertiary/aromatic N) is 3. The second-order valence-electron chi connectivity index (χ2n) is 8.67. The number of hydrogen-bond donors (Lipinski definition) is 2. The van der Waals surface area contributed by atoms with Crippen molar-refractivity contribution in [3.63, 3.8) is 0 Å². The van der Waals surface area contributed by atoms with E-state index in [1.165, 1.54) is 12.0 Å². The van der Waals surface area contributed by atoms with Crippen molar-refractivity contribution >= 4 is 39.9 Å². The van der Waals surface area contributed by atoms with Gasteiger partial charge in [0.05, 0.1) is 22.8 Å². The van der Waals surface area contributed by atoms with Crippen molar-refractivity contribution in [3.8, 4) is 11.3 Å². The van der Waals surface area contributed by atoms with E-state index < -0.39 is 0 Å². The lowest BCUT2D eigenvalue weighted by atomic mass is 10.1. The molecule has 2 amide bonds. The summed E-state index contributed by atoms with van der Waals surface area (Å²) in [5, 5.41) is 11.0. The minimum Gasteiger partial charge on any atom is -0.375 e. The number of aryl methyl sites for hydroxylation is 2. The van der Waals surface area contributed by atoms with Crippen LogP contribution in [-0.4, -0.2) is 40.3 Å². The number of anilines is 1. The number of benzene rings is 1. The largest absolute Gasteiger partial charge is 0.375 e. The third-order valence-electron chi connectivity index (χ3n) is 5.56. The zero-order valence-electron chi connectivity index (χ0n) is 20.5. The van der Waals surface area contributed by atoms with Crippen molar-refractivity contribution in [3.05, 3.63) is 63.5 Å². The number of methoxy groups -OCH3 is 1. The fourth-order valence-corrected chi connectivity index (χ4v) is 4.90. The summed E-state index contributed by atoms with van der Waals surface area (Å²) in [5.74, 6) is -0.443. The maximum absolute atomic E-state index is 13.4. The molecule has 182 valence electrons. The second-order valence-corrected chi connectivity index (χ2v) is 10.1. The van der Waals surface area contributed by atoms with Gasteiger partial charge in [0.2, 0.25) is 5.91 Å². The Morgan fingerprint density at radius 3 is 2.66 bits per heavy atom. The summed E-state index contributed by atoms with van der Waals surface area (Å²) in [5.41, 5.74) is 4.52. The standard InChI is InChI=1S/C26H29N5O3S/c1-15(2)31-25-22(13-28-31)21(11-23(30-25)20-9-16(3)35-17(20)4)26(33)27-12-18-7-6-8-19(10-18)29-24(32)14-34-5/h6-11,13,15H,12,14H2,1-5H3,(H,27,33)(H,29,32). The van der Waals surface area contributed by atoms with Gasteiger partial charge < -0.3 is 15.4 Å². The monoisotopic (exact) mass is 491 g/mol. The summed E-state index contributed by atoms with van der Waals surface area (Å²) in [6.07, 6.45) is 1.71. The lowest BCUT2D eigenvalue weighted by Gasteiger charge is -2.12. The number of fused-ring (bicyclic) bond motifs is 1. The van der Waals surface area contributed by atoms with E-state index in [2.05, 4.69) is 35.6 Å². The molecule has 0 bridgehead atoms. The molecule has 0 saturated heterocycles. The van der Waals surface area contributed by atoms with Gasteiger partial charge in [-0.15, -0.1) is 11.3 Å². The molecular weight excluding hydrogens is 462 g/mol. The quantitative estimate of drug-likeness (QED) is 0.366. The molecule has 0 spiro atoms. The first-order chi connectivity index (χ1) is 16.8. The van der Waals surface area contributed by atoms with Gasteiger partial charge in [0, 0.05) is 40.7 Å². The van der Waals surface area contributed by atoms with Crippen molar-refractivity contribution in [2.75, 3.05) is 19.0 Å². The number of rotatable bonds is 8. The van der Waals surface area contributed by atoms with Crippen LogP contribution in [0.15, 0.2) is 42.6 Å². The number of amides is 2. The summed E-state index contributed by atoms with van der Waals surface area (Å²) in [7, 11) is 1.47. The minimum atomic E-state index is -0.235. The van der Waals surface area contributed by atoms with Crippen molar-refractivity contribution in [2.45, 2.75) is 40.3 Å². The molecule has 4 rings (SSSR count). The molecule has 35 heavy (non-hydrogen) atoms. The fraction of sp³-hybridized carbons (Fsp3) is 0.308. The highest BCUT2D eigenvalue weighted by atomic mass is 32.1. The molecule has 0 atom stereocenters. The Labute approximate surface area is 208 Å². The van der Waals surface area contributed by atoms with Crippen LogP contribution in [0, 0.1) is 13.8 Å². The van der Waals surface area contributed by atoms with Gasteiger partial charge in [-0.2, -0.15) is 5.10 Å². The van der Waals surface area contributed by atoms with Crippen LogP contribution < -0.4 is 10.6 Å². The lowest BCUT2D eigenvalue weighted by molar-refractivity contribution is -0.119. The van der Waals surface area contributed by atoms with Crippen molar-refractivity contribution < 1.29 is 14.3 Å². The van der Waals surface area contributed by atoms with E-state index in [-0.39, 0.29) is 24.5 Å². The molecular formula is C26H29N5O3S. The van der Waals surface area contributed by atoms with E-state index in [0.717, 1.165) is 21.7 Å². The van der Waals surface area contributed by atoms with Gasteiger partial charge >= 0.3 is 0 Å². The molecule has 8 nitrogen and oxygen atoms in total. The lowest BCUT2D eigenvalue weighted by Crippen LogP contribution is -2.23. The van der Waals surface area contributed by atoms with E-state index in [9.17, 15) is 9.59 Å². The normalized spacial score (nSPS) is 11.3. The smallest absolute Gasteiger partial charge is 0.252 e. The number of ether oxygens (including phenoxy) is 1. The van der Waals surface area contributed by atoms with Crippen LogP contribution in [0.2, 0.25) is 0 Å². The van der Waals surface area contributed by atoms with E-state index >= 15 is 0 Å². The molecule has 3 heterocycles. The van der Waals surface area contributed by atoms with Crippen LogP contribution in [0.3, 0.4) is 0 Å². The predicted molar refractivity (Wildman–Crippen MR) is 139 cm³/mol. The zero-order valence-corrected chi connectivity index (χ0v) is 21.3. The van der Waals surface area contributed by atoms with E-state index in [0.29, 0.717) is 28.8 Å². The second kappa shape index (κ2) is 10.4. The molecule has 1 aromatic carbocycles. The Balaban J connectivity index is 1.63. The van der Waals surface area contributed by atoms with Gasteiger partial charge in [-0.25, -0.2) is 9.67 Å². The summed E-state index contributed by atoms with van der Waals surface area (Å²) in [6.45, 7) is 8.50. The molecule has 2 N–H and O–H groups in total. The zero-order chi connectivity index (χ0) is 25.1. The van der Waals surface area contributed by atoms with Crippen LogP contribution in [0.1, 0.15) is 45.6 Å². The molecule has 9 heteroatoms. The fourth-order valence-electron chi connectivity index (χ4n) is 3.97. The summed E-state index contributed by atoms with van der Waals surface area (Å²) < 4.78 is 6.70. The number of carbonyl (C=O) groups is 2. The number of pyridine rings is 1. The Hall–Kier alpha value is -3.56. The minimum absolute atomic E-state index is 0.0193. The van der Waals surface area contributed by atoms with Crippen molar-refractivity contribution in [2.24, 2.45) is 0 Å². The predicted octanol–water partition coefficient (Wildman–Crippen LogP) is 4.87. The molecule has 0 aliphatic rings. The number of carbonyl (C=O) groups excluding carboxylic acids is 2. The number of hydrogen-bond acceptors (Lipinski definition) is 6. The van der Waals surface area contributed by atoms with E-state index in [1.807, 2.05) is 42.8 Å². The highest BCUT2D eigenvalue weighted by Gasteiger charge is 2.20. The van der Waals surface area contributed by atoms with E-state index in [4.69, 9.17) is 9.72 Å². The molecule has 0 unspecified atom stereocenters. The molecule has 0 radical (unpaired) electrons. The third-order valence-corrected chi connectivity index (χ3v) is 6.52. The van der Waals surface area contributed by atoms with E-state index in [1.54, 1.807) is 23.6 Å². The maximum atomic E-state index is 13.4. The summed E-state index contributed by atoms with van der Waals surface area (Å²) in [6, 6.07) is 11.4. The van der Waals surface area contributed by atoms with Crippen molar-refractivity contribution in [1.82, 2.24) is 20.1 Å². The van der Waals surface area contributed by atoms with Gasteiger partial charge in [0.25, 0.3) is 5.91 Å². The van der Waals surface area contributed by atoms with Gasteiger partial charge in [-0.1, -0.05) is 12.1 Å². The average molecular weight is 492 g/mol. The molecule has 0 aliphatic carbocycles. The Morgan fingerprint density at radius 2 is 1.97 bits per heavy atom. The molecule has 0 fully saturated rings. The highest BCUT2D eigenvalue weighted by Crippen LogP contribution is 2.32. The van der Waals surface area contributed by atoms with Crippen LogP contribution in [0.25, 0.3) is 22.3 Å². The third kappa shape index (κ3) is 5.41. The number of aromatic nitrogens is 3. The number of thiophene rings is 1. The Bertz CT molecular complexity index is 1390. The maximum Gasteiger partial charge on any atom is 0.252 e. The Morgan fingerprint density at radius 1 is 1.17 bits per heavy atom. The number of nitrogens with one attached hydrogen (secondary N) is 2. The van der Waals surface area contributed by atoms with Gasteiger partial charge in [0.1, 0.15) is 6.61 Å². The van der Waals surface area contributed by atoms with Crippen LogP contribution in [0.4, 0.5) is 5.69 Å². The first kappa shape index (κ1) is 24.6. The topological polar surface area (TPSA) is 98.1 Å². The molecule has 0 saturated carbocycles. The van der Waals surface area contributed by atoms with Crippen LogP contribution in [-0.2, 0) is 16.1 Å².